The largest absolute Gasteiger partial charge is 0.468 e. The molecule has 5 aliphatic rings. The fraction of sp³-hybridized carbons (Fsp3) is 0.677. The van der Waals surface area contributed by atoms with E-state index in [0.29, 0.717) is 37.6 Å². The summed E-state index contributed by atoms with van der Waals surface area (Å²) in [5, 5.41) is 0. The third-order valence-corrected chi connectivity index (χ3v) is 9.49. The number of furan rings is 1. The van der Waals surface area contributed by atoms with Crippen LogP contribution in [0.4, 0.5) is 0 Å². The first-order valence-electron chi connectivity index (χ1n) is 15.1. The van der Waals surface area contributed by atoms with Crippen LogP contribution in [0.15, 0.2) is 34.6 Å². The molecule has 2 saturated carbocycles. The molecule has 3 amide bonds. The van der Waals surface area contributed by atoms with Gasteiger partial charge in [0.15, 0.2) is 0 Å². The van der Waals surface area contributed by atoms with Gasteiger partial charge in [-0.05, 0) is 62.1 Å². The Morgan fingerprint density at radius 1 is 1.07 bits per heavy atom. The molecular formula is C31H41N3O7. The lowest BCUT2D eigenvalue weighted by Crippen LogP contribution is -2.61. The molecular weight excluding hydrogens is 526 g/mol. The Morgan fingerprint density at radius 3 is 2.37 bits per heavy atom. The van der Waals surface area contributed by atoms with Gasteiger partial charge in [-0.15, -0.1) is 0 Å². The van der Waals surface area contributed by atoms with Gasteiger partial charge in [0.05, 0.1) is 32.1 Å². The Balaban J connectivity index is 1.30. The van der Waals surface area contributed by atoms with Crippen molar-refractivity contribution in [2.75, 3.05) is 33.3 Å². The molecule has 6 rings (SSSR count). The van der Waals surface area contributed by atoms with Crippen molar-refractivity contribution >= 4 is 23.7 Å². The van der Waals surface area contributed by atoms with Crippen molar-refractivity contribution in [3.63, 3.8) is 0 Å². The maximum atomic E-state index is 14.2. The van der Waals surface area contributed by atoms with Crippen LogP contribution in [0, 0.1) is 29.1 Å². The number of esters is 1. The SMILES string of the molecule is COC(=O)[C@@]12C[C@H](CC(=O)N3CCN(C(=O)C4CC4)CC3)C(=O)N(Cc3ccco3)C1=C[C@@H](C(C)C)O[C@H]2C1CC1. The third kappa shape index (κ3) is 5.19. The van der Waals surface area contributed by atoms with Crippen molar-refractivity contribution in [1.82, 2.24) is 14.7 Å². The Morgan fingerprint density at radius 2 is 1.78 bits per heavy atom. The third-order valence-electron chi connectivity index (χ3n) is 9.49. The molecule has 0 bridgehead atoms. The van der Waals surface area contributed by atoms with Crippen LogP contribution in [-0.2, 0) is 35.2 Å². The number of methoxy groups -OCH3 is 1. The van der Waals surface area contributed by atoms with Crippen LogP contribution in [0.1, 0.15) is 58.1 Å². The normalized spacial score (nSPS) is 30.2. The first-order valence-corrected chi connectivity index (χ1v) is 15.1. The van der Waals surface area contributed by atoms with Gasteiger partial charge in [0.2, 0.25) is 17.7 Å². The molecule has 0 unspecified atom stereocenters. The monoisotopic (exact) mass is 567 g/mol. The number of ether oxygens (including phenoxy) is 2. The summed E-state index contributed by atoms with van der Waals surface area (Å²) in [6.07, 6.45) is 6.75. The first kappa shape index (κ1) is 28.0. The molecule has 0 spiro atoms. The second-order valence-electron chi connectivity index (χ2n) is 12.7. The van der Waals surface area contributed by atoms with E-state index in [9.17, 15) is 19.2 Å². The summed E-state index contributed by atoms with van der Waals surface area (Å²) in [7, 11) is 1.38. The molecule has 1 aromatic rings. The van der Waals surface area contributed by atoms with E-state index in [2.05, 4.69) is 13.8 Å². The summed E-state index contributed by atoms with van der Waals surface area (Å²) in [5.41, 5.74) is -0.578. The van der Waals surface area contributed by atoms with Crippen LogP contribution in [-0.4, -0.2) is 83.9 Å². The van der Waals surface area contributed by atoms with Gasteiger partial charge in [0, 0.05) is 50.1 Å². The zero-order valence-corrected chi connectivity index (χ0v) is 24.3. The lowest BCUT2D eigenvalue weighted by Gasteiger charge is -2.53. The van der Waals surface area contributed by atoms with Crippen molar-refractivity contribution in [2.24, 2.45) is 29.1 Å². The predicted octanol–water partition coefficient (Wildman–Crippen LogP) is 2.98. The van der Waals surface area contributed by atoms with Gasteiger partial charge in [0.1, 0.15) is 11.2 Å². The Kier molecular flexibility index (Phi) is 7.46. The van der Waals surface area contributed by atoms with Gasteiger partial charge < -0.3 is 28.6 Å². The second-order valence-corrected chi connectivity index (χ2v) is 12.7. The van der Waals surface area contributed by atoms with E-state index >= 15 is 0 Å². The van der Waals surface area contributed by atoms with Gasteiger partial charge in [-0.25, -0.2) is 0 Å². The molecule has 41 heavy (non-hydrogen) atoms. The number of fused-ring (bicyclic) bond motifs is 1. The van der Waals surface area contributed by atoms with E-state index in [1.165, 1.54) is 7.11 Å². The summed E-state index contributed by atoms with van der Waals surface area (Å²) in [5.74, 6) is -0.205. The number of nitrogens with zero attached hydrogens (tertiary/aromatic N) is 3. The minimum absolute atomic E-state index is 0.0128. The average Bonchev–Trinajstić information content (AvgIpc) is 3.92. The number of hydrogen-bond donors (Lipinski definition) is 0. The summed E-state index contributed by atoms with van der Waals surface area (Å²) >= 11 is 0. The second kappa shape index (κ2) is 10.9. The molecule has 222 valence electrons. The van der Waals surface area contributed by atoms with Gasteiger partial charge in [-0.1, -0.05) is 13.8 Å². The highest BCUT2D eigenvalue weighted by Crippen LogP contribution is 2.56. The first-order chi connectivity index (χ1) is 19.7. The molecule has 1 aromatic heterocycles. The summed E-state index contributed by atoms with van der Waals surface area (Å²) in [4.78, 5) is 59.4. The Labute approximate surface area is 241 Å². The van der Waals surface area contributed by atoms with Crippen molar-refractivity contribution in [2.45, 2.75) is 71.1 Å². The van der Waals surface area contributed by atoms with Crippen molar-refractivity contribution in [3.05, 3.63) is 35.9 Å². The molecule has 0 aromatic carbocycles. The molecule has 4 atom stereocenters. The van der Waals surface area contributed by atoms with Crippen LogP contribution in [0.3, 0.4) is 0 Å². The lowest BCUT2D eigenvalue weighted by molar-refractivity contribution is -0.182. The quantitative estimate of drug-likeness (QED) is 0.444. The van der Waals surface area contributed by atoms with Gasteiger partial charge in [0.25, 0.3) is 0 Å². The van der Waals surface area contributed by atoms with E-state index in [4.69, 9.17) is 13.9 Å². The van der Waals surface area contributed by atoms with E-state index in [0.717, 1.165) is 25.7 Å². The predicted molar refractivity (Wildman–Crippen MR) is 147 cm³/mol. The lowest BCUT2D eigenvalue weighted by atomic mass is 9.64. The zero-order chi connectivity index (χ0) is 28.9. The molecule has 0 radical (unpaired) electrons. The Bertz CT molecular complexity index is 1210. The molecule has 3 aliphatic heterocycles. The van der Waals surface area contributed by atoms with Crippen LogP contribution in [0.2, 0.25) is 0 Å². The van der Waals surface area contributed by atoms with E-state index in [1.54, 1.807) is 22.1 Å². The van der Waals surface area contributed by atoms with E-state index in [1.807, 2.05) is 17.0 Å². The number of piperidine rings is 1. The van der Waals surface area contributed by atoms with E-state index in [-0.39, 0.29) is 61.0 Å². The molecule has 2 aliphatic carbocycles. The highest BCUT2D eigenvalue weighted by atomic mass is 16.5. The minimum Gasteiger partial charge on any atom is -0.468 e. The number of likely N-dealkylation sites (tertiary alicyclic amines) is 1. The Hall–Kier alpha value is -3.14. The fourth-order valence-corrected chi connectivity index (χ4v) is 6.88. The van der Waals surface area contributed by atoms with Gasteiger partial charge in [-0.2, -0.15) is 0 Å². The smallest absolute Gasteiger partial charge is 0.320 e. The average molecular weight is 568 g/mol. The van der Waals surface area contributed by atoms with Crippen molar-refractivity contribution in [3.8, 4) is 0 Å². The highest BCUT2D eigenvalue weighted by Gasteiger charge is 2.64. The molecule has 2 saturated heterocycles. The van der Waals surface area contributed by atoms with Gasteiger partial charge in [-0.3, -0.25) is 19.2 Å². The molecule has 10 nitrogen and oxygen atoms in total. The highest BCUT2D eigenvalue weighted by molar-refractivity contribution is 5.93. The molecule has 4 heterocycles. The number of carbonyl (C=O) groups excluding carboxylic acids is 4. The van der Waals surface area contributed by atoms with Crippen LogP contribution < -0.4 is 0 Å². The zero-order valence-electron chi connectivity index (χ0n) is 24.3. The topological polar surface area (TPSA) is 110 Å². The number of rotatable bonds is 8. The number of hydrogen-bond acceptors (Lipinski definition) is 7. The van der Waals surface area contributed by atoms with Crippen LogP contribution in [0.25, 0.3) is 0 Å². The summed E-state index contributed by atoms with van der Waals surface area (Å²) in [6, 6.07) is 3.58. The van der Waals surface area contributed by atoms with E-state index < -0.39 is 23.4 Å². The number of amides is 3. The number of piperazine rings is 1. The standard InChI is InChI=1S/C31H41N3O7/c1-19(2)24-16-25-31(30(38)39-3,27(41-24)20-6-7-20)17-22(29(37)34(25)18-23-5-4-14-40-23)15-26(35)32-10-12-33(13-11-32)28(36)21-8-9-21/h4-5,14,16,19-22,24,27H,6-13,15,17-18H2,1-3H3/t22-,24-,27-,31-/m0/s1. The fourth-order valence-electron chi connectivity index (χ4n) is 6.88. The molecule has 0 N–H and O–H groups in total. The minimum atomic E-state index is -1.19. The van der Waals surface area contributed by atoms with Crippen LogP contribution in [0.5, 0.6) is 0 Å². The molecule has 10 heteroatoms. The van der Waals surface area contributed by atoms with Crippen molar-refractivity contribution < 1.29 is 33.1 Å². The van der Waals surface area contributed by atoms with Gasteiger partial charge >= 0.3 is 5.97 Å². The number of carbonyl (C=O) groups is 4. The van der Waals surface area contributed by atoms with Crippen molar-refractivity contribution in [1.29, 1.82) is 0 Å². The maximum Gasteiger partial charge on any atom is 0.320 e. The maximum absolute atomic E-state index is 14.2. The van der Waals surface area contributed by atoms with Crippen LogP contribution >= 0.6 is 0 Å². The summed E-state index contributed by atoms with van der Waals surface area (Å²) < 4.78 is 17.7. The summed E-state index contributed by atoms with van der Waals surface area (Å²) in [6.45, 7) is 6.22. The molecule has 4 fully saturated rings.